The van der Waals surface area contributed by atoms with Gasteiger partial charge in [0.25, 0.3) is 0 Å². The minimum atomic E-state index is -0.0658. The molecule has 1 unspecified atom stereocenters. The molecule has 1 N–H and O–H groups in total. The molecular formula is C53H95IN2O6. The lowest BCUT2D eigenvalue weighted by atomic mass is 10.0. The topological polar surface area (TPSA) is 94.2 Å². The van der Waals surface area contributed by atoms with Crippen LogP contribution in [0.4, 0.5) is 0 Å². The number of carbonyl (C=O) groups excluding carboxylic acids is 3. The van der Waals surface area contributed by atoms with E-state index in [1.807, 2.05) is 30.3 Å². The van der Waals surface area contributed by atoms with Gasteiger partial charge in [0, 0.05) is 19.4 Å². The highest BCUT2D eigenvalue weighted by Gasteiger charge is 2.15. The Morgan fingerprint density at radius 3 is 1.63 bits per heavy atom. The predicted molar refractivity (Wildman–Crippen MR) is 269 cm³/mol. The highest BCUT2D eigenvalue weighted by molar-refractivity contribution is 14.1. The van der Waals surface area contributed by atoms with Crippen molar-refractivity contribution < 1.29 is 28.6 Å². The smallest absolute Gasteiger partial charge is 0.306 e. The molecule has 1 amide bonds. The Hall–Kier alpha value is -1.72. The quantitative estimate of drug-likeness (QED) is 0.0301. The average Bonchev–Trinajstić information content (AvgIpc) is 3.27. The third-order valence-electron chi connectivity index (χ3n) is 11.9. The molecule has 62 heavy (non-hydrogen) atoms. The van der Waals surface area contributed by atoms with E-state index in [4.69, 9.17) is 14.2 Å². The Kier molecular flexibility index (Phi) is 43.1. The number of ether oxygens (including phenoxy) is 3. The number of benzene rings is 1. The zero-order chi connectivity index (χ0) is 44.8. The lowest BCUT2D eigenvalue weighted by molar-refractivity contribution is -0.150. The number of hydrogen-bond donors (Lipinski definition) is 1. The van der Waals surface area contributed by atoms with Crippen molar-refractivity contribution in [3.8, 4) is 0 Å². The van der Waals surface area contributed by atoms with Crippen LogP contribution in [0.15, 0.2) is 30.3 Å². The first kappa shape index (κ1) is 58.3. The first-order valence-electron chi connectivity index (χ1n) is 26.0. The summed E-state index contributed by atoms with van der Waals surface area (Å²) in [6.45, 7) is 9.30. The molecule has 0 saturated carbocycles. The SMILES string of the molecule is CCCCCCCCCOC(=O)CCCCCCCN(CCCCCCCC(=O)OC(CCCCCCCC)CCCCCCCI)CCCNC(=O)COCc1ccccc1. The number of alkyl halides is 1. The van der Waals surface area contributed by atoms with Crippen LogP contribution in [0.25, 0.3) is 0 Å². The van der Waals surface area contributed by atoms with Gasteiger partial charge in [0.1, 0.15) is 12.7 Å². The third-order valence-corrected chi connectivity index (χ3v) is 12.6. The van der Waals surface area contributed by atoms with Crippen molar-refractivity contribution in [2.45, 2.75) is 238 Å². The molecule has 1 aromatic carbocycles. The second-order valence-electron chi connectivity index (χ2n) is 17.8. The minimum Gasteiger partial charge on any atom is -0.466 e. The number of carbonyl (C=O) groups is 3. The molecule has 0 heterocycles. The minimum absolute atomic E-state index is 0.00523. The maximum Gasteiger partial charge on any atom is 0.306 e. The molecule has 0 aliphatic heterocycles. The number of hydrogen-bond acceptors (Lipinski definition) is 7. The Bertz CT molecular complexity index is 1120. The number of amides is 1. The van der Waals surface area contributed by atoms with Crippen molar-refractivity contribution in [1.82, 2.24) is 10.2 Å². The molecule has 9 heteroatoms. The summed E-state index contributed by atoms with van der Waals surface area (Å²) in [5.74, 6) is -0.0994. The summed E-state index contributed by atoms with van der Waals surface area (Å²) in [5, 5.41) is 3.03. The van der Waals surface area contributed by atoms with Gasteiger partial charge in [-0.2, -0.15) is 0 Å². The summed E-state index contributed by atoms with van der Waals surface area (Å²) in [4.78, 5) is 40.0. The van der Waals surface area contributed by atoms with Gasteiger partial charge in [-0.25, -0.2) is 0 Å². The zero-order valence-electron chi connectivity index (χ0n) is 40.2. The molecule has 0 radical (unpaired) electrons. The van der Waals surface area contributed by atoms with E-state index in [0.29, 0.717) is 32.6 Å². The van der Waals surface area contributed by atoms with E-state index >= 15 is 0 Å². The second kappa shape index (κ2) is 45.8. The number of nitrogens with zero attached hydrogens (tertiary/aromatic N) is 1. The van der Waals surface area contributed by atoms with E-state index in [1.165, 1.54) is 107 Å². The Labute approximate surface area is 395 Å². The van der Waals surface area contributed by atoms with E-state index in [9.17, 15) is 14.4 Å². The molecule has 360 valence electrons. The Balaban J connectivity index is 2.36. The summed E-state index contributed by atoms with van der Waals surface area (Å²) in [6.07, 6.45) is 37.5. The van der Waals surface area contributed by atoms with Gasteiger partial charge in [-0.05, 0) is 100 Å². The molecule has 1 rings (SSSR count). The van der Waals surface area contributed by atoms with Crippen LogP contribution in [0, 0.1) is 0 Å². The Morgan fingerprint density at radius 2 is 1.05 bits per heavy atom. The number of esters is 2. The molecule has 0 aromatic heterocycles. The molecule has 0 aliphatic rings. The van der Waals surface area contributed by atoms with Crippen LogP contribution in [0.1, 0.15) is 231 Å². The summed E-state index contributed by atoms with van der Waals surface area (Å²) in [7, 11) is 0. The van der Waals surface area contributed by atoms with Gasteiger partial charge in [0.05, 0.1) is 13.2 Å². The lowest BCUT2D eigenvalue weighted by Crippen LogP contribution is -2.33. The van der Waals surface area contributed by atoms with Crippen molar-refractivity contribution in [3.05, 3.63) is 35.9 Å². The van der Waals surface area contributed by atoms with Gasteiger partial charge in [-0.3, -0.25) is 14.4 Å². The van der Waals surface area contributed by atoms with Crippen molar-refractivity contribution >= 4 is 40.4 Å². The maximum atomic E-state index is 12.9. The van der Waals surface area contributed by atoms with Crippen LogP contribution in [0.2, 0.25) is 0 Å². The molecule has 0 aliphatic carbocycles. The zero-order valence-corrected chi connectivity index (χ0v) is 42.4. The van der Waals surface area contributed by atoms with E-state index in [-0.39, 0.29) is 30.6 Å². The van der Waals surface area contributed by atoms with Crippen LogP contribution >= 0.6 is 22.6 Å². The summed E-state index contributed by atoms with van der Waals surface area (Å²) in [5.41, 5.74) is 1.07. The standard InChI is InChI=1S/C53H95IN2O6/c1-3-5-7-9-11-22-33-46-61-52(58)39-28-17-13-20-31-43-56(45-34-42-55-51(57)48-60-47-49-35-24-23-25-36-49)44-32-21-14-18-29-40-53(59)62-50(37-26-15-10-8-6-4-2)38-27-16-12-19-30-41-54/h23-25,35-36,50H,3-22,26-34,37-48H2,1-2H3,(H,55,57). The number of unbranched alkanes of at least 4 members (excludes halogenated alkanes) is 23. The molecular weight excluding hydrogens is 887 g/mol. The van der Waals surface area contributed by atoms with Crippen LogP contribution in [-0.2, 0) is 35.2 Å². The highest BCUT2D eigenvalue weighted by Crippen LogP contribution is 2.19. The van der Waals surface area contributed by atoms with Crippen LogP contribution in [0.3, 0.4) is 0 Å². The fourth-order valence-electron chi connectivity index (χ4n) is 8.00. The largest absolute Gasteiger partial charge is 0.466 e. The van der Waals surface area contributed by atoms with Gasteiger partial charge in [0.15, 0.2) is 0 Å². The van der Waals surface area contributed by atoms with Gasteiger partial charge in [-0.15, -0.1) is 0 Å². The maximum absolute atomic E-state index is 12.9. The van der Waals surface area contributed by atoms with Crippen molar-refractivity contribution in [3.63, 3.8) is 0 Å². The fourth-order valence-corrected chi connectivity index (χ4v) is 8.54. The number of nitrogens with one attached hydrogen (secondary N) is 1. The molecule has 0 fully saturated rings. The van der Waals surface area contributed by atoms with Crippen molar-refractivity contribution in [1.29, 1.82) is 0 Å². The lowest BCUT2D eigenvalue weighted by Gasteiger charge is -2.22. The Morgan fingerprint density at radius 1 is 0.565 bits per heavy atom. The molecule has 0 bridgehead atoms. The normalized spacial score (nSPS) is 11.9. The highest BCUT2D eigenvalue weighted by atomic mass is 127. The van der Waals surface area contributed by atoms with Crippen molar-refractivity contribution in [2.75, 3.05) is 43.8 Å². The van der Waals surface area contributed by atoms with Gasteiger partial charge in [-0.1, -0.05) is 195 Å². The summed E-state index contributed by atoms with van der Waals surface area (Å²) < 4.78 is 18.4. The molecule has 8 nitrogen and oxygen atoms in total. The summed E-state index contributed by atoms with van der Waals surface area (Å²) in [6, 6.07) is 9.94. The predicted octanol–water partition coefficient (Wildman–Crippen LogP) is 14.4. The monoisotopic (exact) mass is 983 g/mol. The van der Waals surface area contributed by atoms with E-state index in [1.54, 1.807) is 0 Å². The fraction of sp³-hybridized carbons (Fsp3) is 0.830. The summed E-state index contributed by atoms with van der Waals surface area (Å²) >= 11 is 2.46. The van der Waals surface area contributed by atoms with Crippen LogP contribution < -0.4 is 5.32 Å². The first-order chi connectivity index (χ1) is 30.5. The molecule has 0 spiro atoms. The van der Waals surface area contributed by atoms with E-state index < -0.39 is 0 Å². The van der Waals surface area contributed by atoms with E-state index in [0.717, 1.165) is 122 Å². The van der Waals surface area contributed by atoms with Gasteiger partial charge < -0.3 is 24.4 Å². The second-order valence-corrected chi connectivity index (χ2v) is 18.9. The van der Waals surface area contributed by atoms with Crippen molar-refractivity contribution in [2.24, 2.45) is 0 Å². The molecule has 1 aromatic rings. The third kappa shape index (κ3) is 39.8. The average molecular weight is 983 g/mol. The number of rotatable bonds is 47. The molecule has 0 saturated heterocycles. The van der Waals surface area contributed by atoms with E-state index in [2.05, 4.69) is 46.7 Å². The van der Waals surface area contributed by atoms with Gasteiger partial charge >= 0.3 is 11.9 Å². The van der Waals surface area contributed by atoms with Crippen LogP contribution in [-0.4, -0.2) is 72.7 Å². The molecule has 1 atom stereocenters. The first-order valence-corrected chi connectivity index (χ1v) is 27.5. The van der Waals surface area contributed by atoms with Gasteiger partial charge in [0.2, 0.25) is 5.91 Å². The van der Waals surface area contributed by atoms with Crippen LogP contribution in [0.5, 0.6) is 0 Å². The number of halogens is 1.